The Hall–Kier alpha value is -2.23. The molecular weight excluding hydrogens is 392 g/mol. The van der Waals surface area contributed by atoms with Crippen LogP contribution in [0, 0.1) is 0 Å². The maximum atomic E-state index is 12.5. The molecule has 2 aromatic heterocycles. The molecule has 136 valence electrons. The van der Waals surface area contributed by atoms with E-state index in [1.165, 1.54) is 17.4 Å². The number of benzene rings is 1. The topological polar surface area (TPSA) is 77.7 Å². The lowest BCUT2D eigenvalue weighted by atomic mass is 10.2. The first-order chi connectivity index (χ1) is 12.5. The Morgan fingerprint density at radius 1 is 1.38 bits per heavy atom. The smallest absolute Gasteiger partial charge is 0.338 e. The molecule has 0 radical (unpaired) electrons. The van der Waals surface area contributed by atoms with Crippen molar-refractivity contribution in [3.8, 4) is 0 Å². The van der Waals surface area contributed by atoms with E-state index in [0.717, 1.165) is 21.6 Å². The number of rotatable bonds is 6. The lowest BCUT2D eigenvalue weighted by Gasteiger charge is -2.03. The van der Waals surface area contributed by atoms with Crippen LogP contribution < -0.4 is 4.80 Å². The maximum Gasteiger partial charge on any atom is 0.338 e. The Bertz CT molecular complexity index is 1120. The number of hydrogen-bond acceptors (Lipinski definition) is 6. The quantitative estimate of drug-likeness (QED) is 0.462. The fourth-order valence-corrected chi connectivity index (χ4v) is 5.60. The van der Waals surface area contributed by atoms with E-state index in [1.54, 1.807) is 47.2 Å². The maximum absolute atomic E-state index is 12.5. The minimum atomic E-state index is -3.79. The molecule has 0 bridgehead atoms. The third-order valence-corrected chi connectivity index (χ3v) is 7.25. The number of ether oxygens (including phenoxy) is 1. The molecule has 2 heterocycles. The number of aromatic nitrogens is 1. The van der Waals surface area contributed by atoms with Crippen molar-refractivity contribution in [3.05, 3.63) is 58.7 Å². The standard InChI is InChI=1S/C17H16N2O4S3/c1-3-9-19-13-8-7-12(16(20)23-4-2)11-14(13)25-17(19)18-26(21,22)15-6-5-10-24-15/h3,5-8,10-11H,1,4,9H2,2H3/b18-17-. The fourth-order valence-electron chi connectivity index (χ4n) is 2.35. The number of nitrogens with zero attached hydrogens (tertiary/aromatic N) is 2. The molecule has 0 aliphatic heterocycles. The number of esters is 1. The molecule has 9 heteroatoms. The summed E-state index contributed by atoms with van der Waals surface area (Å²) in [7, 11) is -3.79. The van der Waals surface area contributed by atoms with Crippen LogP contribution in [0.15, 0.2) is 57.0 Å². The average molecular weight is 409 g/mol. The monoisotopic (exact) mass is 408 g/mol. The predicted octanol–water partition coefficient (Wildman–Crippen LogP) is 3.42. The van der Waals surface area contributed by atoms with Crippen LogP contribution in [0.2, 0.25) is 0 Å². The van der Waals surface area contributed by atoms with E-state index in [0.29, 0.717) is 16.9 Å². The van der Waals surface area contributed by atoms with Crippen molar-refractivity contribution in [1.82, 2.24) is 4.57 Å². The molecule has 0 spiro atoms. The van der Waals surface area contributed by atoms with Gasteiger partial charge in [0.25, 0.3) is 10.0 Å². The highest BCUT2D eigenvalue weighted by Crippen LogP contribution is 2.22. The van der Waals surface area contributed by atoms with E-state index >= 15 is 0 Å². The summed E-state index contributed by atoms with van der Waals surface area (Å²) < 4.78 is 36.7. The molecule has 0 amide bonds. The summed E-state index contributed by atoms with van der Waals surface area (Å²) in [4.78, 5) is 12.3. The van der Waals surface area contributed by atoms with Gasteiger partial charge >= 0.3 is 5.97 Å². The highest BCUT2D eigenvalue weighted by Gasteiger charge is 2.16. The summed E-state index contributed by atoms with van der Waals surface area (Å²) in [6, 6.07) is 8.30. The number of sulfonamides is 1. The summed E-state index contributed by atoms with van der Waals surface area (Å²) in [5.41, 5.74) is 1.20. The second kappa shape index (κ2) is 7.56. The molecule has 0 unspecified atom stereocenters. The molecule has 0 aliphatic carbocycles. The first-order valence-corrected chi connectivity index (χ1v) is 10.9. The van der Waals surface area contributed by atoms with Gasteiger partial charge in [0, 0.05) is 6.54 Å². The number of thiophene rings is 1. The summed E-state index contributed by atoms with van der Waals surface area (Å²) in [5.74, 6) is -0.414. The van der Waals surface area contributed by atoms with Gasteiger partial charge in [-0.25, -0.2) is 4.79 Å². The molecular formula is C17H16N2O4S3. The van der Waals surface area contributed by atoms with Crippen LogP contribution in [0.25, 0.3) is 10.2 Å². The van der Waals surface area contributed by atoms with Crippen LogP contribution in [-0.2, 0) is 21.3 Å². The van der Waals surface area contributed by atoms with E-state index in [-0.39, 0.29) is 10.8 Å². The van der Waals surface area contributed by atoms with Crippen LogP contribution in [0.1, 0.15) is 17.3 Å². The molecule has 0 saturated heterocycles. The summed E-state index contributed by atoms with van der Waals surface area (Å²) in [6.07, 6.45) is 1.67. The zero-order valence-corrected chi connectivity index (χ0v) is 16.4. The van der Waals surface area contributed by atoms with Gasteiger partial charge in [0.05, 0.1) is 22.4 Å². The van der Waals surface area contributed by atoms with Gasteiger partial charge in [-0.05, 0) is 36.6 Å². The third kappa shape index (κ3) is 3.64. The molecule has 1 aromatic carbocycles. The lowest BCUT2D eigenvalue weighted by molar-refractivity contribution is 0.0526. The van der Waals surface area contributed by atoms with Crippen LogP contribution in [0.3, 0.4) is 0 Å². The van der Waals surface area contributed by atoms with Gasteiger partial charge in [0.2, 0.25) is 4.80 Å². The van der Waals surface area contributed by atoms with E-state index in [4.69, 9.17) is 4.74 Å². The number of hydrogen-bond donors (Lipinski definition) is 0. The van der Waals surface area contributed by atoms with Crippen LogP contribution >= 0.6 is 22.7 Å². The number of fused-ring (bicyclic) bond motifs is 1. The second-order valence-corrected chi connectivity index (χ2v) is 8.97. The Morgan fingerprint density at radius 2 is 2.19 bits per heavy atom. The van der Waals surface area contributed by atoms with Gasteiger partial charge in [0.1, 0.15) is 4.21 Å². The minimum Gasteiger partial charge on any atom is -0.462 e. The van der Waals surface area contributed by atoms with Gasteiger partial charge in [-0.15, -0.1) is 22.3 Å². The molecule has 6 nitrogen and oxygen atoms in total. The van der Waals surface area contributed by atoms with Gasteiger partial charge in [-0.3, -0.25) is 0 Å². The SMILES string of the molecule is C=CCn1/c(=N/S(=O)(=O)c2cccs2)sc2cc(C(=O)OCC)ccc21. The van der Waals surface area contributed by atoms with Crippen molar-refractivity contribution in [3.63, 3.8) is 0 Å². The summed E-state index contributed by atoms with van der Waals surface area (Å²) in [5, 5.41) is 1.69. The van der Waals surface area contributed by atoms with Crippen molar-refractivity contribution in [2.45, 2.75) is 17.7 Å². The zero-order valence-electron chi connectivity index (χ0n) is 13.9. The molecule has 0 atom stereocenters. The Labute approximate surface area is 158 Å². The van der Waals surface area contributed by atoms with Crippen molar-refractivity contribution in [2.24, 2.45) is 4.40 Å². The van der Waals surface area contributed by atoms with Crippen LogP contribution in [0.4, 0.5) is 0 Å². The van der Waals surface area contributed by atoms with Crippen molar-refractivity contribution in [2.75, 3.05) is 6.61 Å². The van der Waals surface area contributed by atoms with Crippen molar-refractivity contribution < 1.29 is 17.9 Å². The number of carbonyl (C=O) groups excluding carboxylic acids is 1. The van der Waals surface area contributed by atoms with Crippen molar-refractivity contribution in [1.29, 1.82) is 0 Å². The Kier molecular flexibility index (Phi) is 5.40. The largest absolute Gasteiger partial charge is 0.462 e. The Balaban J connectivity index is 2.18. The van der Waals surface area contributed by atoms with Crippen molar-refractivity contribution >= 4 is 48.9 Å². The zero-order chi connectivity index (χ0) is 18.7. The van der Waals surface area contributed by atoms with Gasteiger partial charge < -0.3 is 9.30 Å². The first-order valence-electron chi connectivity index (χ1n) is 7.72. The highest BCUT2D eigenvalue weighted by atomic mass is 32.2. The minimum absolute atomic E-state index is 0.187. The number of allylic oxidation sites excluding steroid dienone is 1. The first kappa shape index (κ1) is 18.6. The van der Waals surface area contributed by atoms with E-state index in [9.17, 15) is 13.2 Å². The van der Waals surface area contributed by atoms with E-state index in [1.807, 2.05) is 0 Å². The molecule has 0 aliphatic rings. The average Bonchev–Trinajstić information content (AvgIpc) is 3.24. The fraction of sp³-hybridized carbons (Fsp3) is 0.176. The molecule has 0 N–H and O–H groups in total. The molecule has 0 saturated carbocycles. The summed E-state index contributed by atoms with van der Waals surface area (Å²) >= 11 is 2.32. The van der Waals surface area contributed by atoms with Crippen LogP contribution in [-0.4, -0.2) is 25.6 Å². The molecule has 0 fully saturated rings. The lowest BCUT2D eigenvalue weighted by Crippen LogP contribution is -2.16. The van der Waals surface area contributed by atoms with Gasteiger partial charge in [0.15, 0.2) is 0 Å². The second-order valence-electron chi connectivity index (χ2n) is 5.19. The normalized spacial score (nSPS) is 12.4. The van der Waals surface area contributed by atoms with E-state index in [2.05, 4.69) is 11.0 Å². The van der Waals surface area contributed by atoms with Crippen LogP contribution in [0.5, 0.6) is 0 Å². The molecule has 26 heavy (non-hydrogen) atoms. The highest BCUT2D eigenvalue weighted by molar-refractivity contribution is 7.92. The van der Waals surface area contributed by atoms with E-state index < -0.39 is 16.0 Å². The molecule has 3 aromatic rings. The summed E-state index contributed by atoms with van der Waals surface area (Å²) in [6.45, 7) is 6.15. The Morgan fingerprint density at radius 3 is 2.85 bits per heavy atom. The predicted molar refractivity (Wildman–Crippen MR) is 103 cm³/mol. The number of carbonyl (C=O) groups is 1. The van der Waals surface area contributed by atoms with Gasteiger partial charge in [-0.2, -0.15) is 8.42 Å². The molecule has 3 rings (SSSR count). The van der Waals surface area contributed by atoms with Gasteiger partial charge in [-0.1, -0.05) is 23.5 Å². The third-order valence-electron chi connectivity index (χ3n) is 3.45. The number of thiazole rings is 1.